The topological polar surface area (TPSA) is 111 Å². The van der Waals surface area contributed by atoms with Crippen molar-refractivity contribution in [3.05, 3.63) is 40.0 Å². The van der Waals surface area contributed by atoms with Crippen molar-refractivity contribution >= 4 is 33.2 Å². The minimum atomic E-state index is -3.83. The van der Waals surface area contributed by atoms with Crippen LogP contribution in [-0.4, -0.2) is 18.6 Å². The summed E-state index contributed by atoms with van der Waals surface area (Å²) in [6.07, 6.45) is 1.10. The first-order valence-electron chi connectivity index (χ1n) is 5.37. The average molecular weight is 337 g/mol. The maximum absolute atomic E-state index is 12.2. The highest BCUT2D eigenvalue weighted by atomic mass is 35.5. The molecule has 1 aromatic heterocycles. The van der Waals surface area contributed by atoms with Crippen LogP contribution >= 0.6 is 23.2 Å². The lowest BCUT2D eigenvalue weighted by molar-refractivity contribution is 0.409. The lowest BCUT2D eigenvalue weighted by atomic mass is 10.2. The molecule has 2 rings (SSSR count). The fourth-order valence-electron chi connectivity index (χ4n) is 1.48. The molecule has 1 heterocycles. The third-order valence-electron chi connectivity index (χ3n) is 2.47. The number of rotatable bonds is 5. The van der Waals surface area contributed by atoms with Gasteiger partial charge in [0.25, 0.3) is 0 Å². The molecular formula is C10H10Cl2N4O3S. The number of nitrogens with two attached hydrogens (primary N) is 1. The van der Waals surface area contributed by atoms with Gasteiger partial charge in [-0.3, -0.25) is 0 Å². The molecule has 108 valence electrons. The fraction of sp³-hybridized carbons (Fsp3) is 0.200. The van der Waals surface area contributed by atoms with Gasteiger partial charge in [0.2, 0.25) is 16.4 Å². The van der Waals surface area contributed by atoms with Gasteiger partial charge in [0, 0.05) is 17.1 Å². The van der Waals surface area contributed by atoms with E-state index in [1.807, 2.05) is 0 Å². The van der Waals surface area contributed by atoms with Crippen molar-refractivity contribution < 1.29 is 12.9 Å². The zero-order chi connectivity index (χ0) is 14.8. The summed E-state index contributed by atoms with van der Waals surface area (Å²) in [6, 6.07) is 2.74. The van der Waals surface area contributed by atoms with Gasteiger partial charge in [-0.1, -0.05) is 28.4 Å². The third-order valence-corrected chi connectivity index (χ3v) is 4.81. The number of nitrogens with zero attached hydrogens (tertiary/aromatic N) is 2. The van der Waals surface area contributed by atoms with E-state index in [1.165, 1.54) is 12.1 Å². The zero-order valence-electron chi connectivity index (χ0n) is 10.0. The Hall–Kier alpha value is -1.19. The molecule has 3 N–H and O–H groups in total. The Kier molecular flexibility index (Phi) is 4.61. The highest BCUT2D eigenvalue weighted by Gasteiger charge is 2.21. The van der Waals surface area contributed by atoms with E-state index in [-0.39, 0.29) is 28.8 Å². The number of hydrogen-bond donors (Lipinski definition) is 2. The van der Waals surface area contributed by atoms with Crippen molar-refractivity contribution in [2.24, 2.45) is 5.73 Å². The largest absolute Gasteiger partial charge is 0.343 e. The molecule has 0 atom stereocenters. The van der Waals surface area contributed by atoms with Crippen LogP contribution in [0.1, 0.15) is 11.4 Å². The Bertz CT molecular complexity index is 704. The molecule has 0 aliphatic rings. The minimum Gasteiger partial charge on any atom is -0.343 e. The smallest absolute Gasteiger partial charge is 0.242 e. The summed E-state index contributed by atoms with van der Waals surface area (Å²) in [5, 5.41) is 3.81. The van der Waals surface area contributed by atoms with Gasteiger partial charge in [0.15, 0.2) is 5.82 Å². The molecule has 0 amide bonds. The van der Waals surface area contributed by atoms with Crippen LogP contribution < -0.4 is 10.5 Å². The molecule has 0 aliphatic carbocycles. The molecule has 0 unspecified atom stereocenters. The molecule has 0 spiro atoms. The van der Waals surface area contributed by atoms with Crippen LogP contribution in [0.4, 0.5) is 0 Å². The number of sulfonamides is 1. The van der Waals surface area contributed by atoms with Gasteiger partial charge in [0.05, 0.1) is 11.6 Å². The van der Waals surface area contributed by atoms with Crippen molar-refractivity contribution in [3.63, 3.8) is 0 Å². The molecule has 10 heteroatoms. The summed E-state index contributed by atoms with van der Waals surface area (Å²) < 4.78 is 31.1. The van der Waals surface area contributed by atoms with Crippen molar-refractivity contribution in [2.45, 2.75) is 18.0 Å². The van der Waals surface area contributed by atoms with E-state index in [0.717, 1.165) is 6.39 Å². The summed E-state index contributed by atoms with van der Waals surface area (Å²) in [5.41, 5.74) is 5.87. The normalized spacial score (nSPS) is 11.8. The van der Waals surface area contributed by atoms with E-state index in [2.05, 4.69) is 19.4 Å². The molecule has 20 heavy (non-hydrogen) atoms. The molecule has 0 fully saturated rings. The average Bonchev–Trinajstić information content (AvgIpc) is 2.90. The first-order valence-corrected chi connectivity index (χ1v) is 7.61. The number of halogens is 2. The van der Waals surface area contributed by atoms with Crippen LogP contribution in [-0.2, 0) is 23.1 Å². The van der Waals surface area contributed by atoms with E-state index in [1.54, 1.807) is 0 Å². The van der Waals surface area contributed by atoms with Crippen molar-refractivity contribution in [3.8, 4) is 0 Å². The SMILES string of the molecule is NCc1c(Cl)ccc(S(=O)(=O)NCc2ncon2)c1Cl. The summed E-state index contributed by atoms with van der Waals surface area (Å²) in [7, 11) is -3.83. The molecule has 0 saturated carbocycles. The fourth-order valence-corrected chi connectivity index (χ4v) is 3.39. The van der Waals surface area contributed by atoms with E-state index in [9.17, 15) is 8.42 Å². The van der Waals surface area contributed by atoms with Crippen LogP contribution in [0.3, 0.4) is 0 Å². The molecule has 0 saturated heterocycles. The van der Waals surface area contributed by atoms with E-state index >= 15 is 0 Å². The van der Waals surface area contributed by atoms with Crippen LogP contribution in [0.25, 0.3) is 0 Å². The summed E-state index contributed by atoms with van der Waals surface area (Å²) in [4.78, 5) is 3.60. The lowest BCUT2D eigenvalue weighted by Crippen LogP contribution is -2.24. The van der Waals surface area contributed by atoms with Gasteiger partial charge in [-0.05, 0) is 12.1 Å². The molecule has 0 aliphatic heterocycles. The quantitative estimate of drug-likeness (QED) is 0.851. The zero-order valence-corrected chi connectivity index (χ0v) is 12.3. The molecule has 7 nitrogen and oxygen atoms in total. The summed E-state index contributed by atoms with van der Waals surface area (Å²) in [6.45, 7) is -0.0817. The second kappa shape index (κ2) is 6.06. The Morgan fingerprint density at radius 3 is 2.70 bits per heavy atom. The lowest BCUT2D eigenvalue weighted by Gasteiger charge is -2.11. The maximum Gasteiger partial charge on any atom is 0.242 e. The van der Waals surface area contributed by atoms with Crippen LogP contribution in [0, 0.1) is 0 Å². The first-order chi connectivity index (χ1) is 9.45. The van der Waals surface area contributed by atoms with Gasteiger partial charge < -0.3 is 10.3 Å². The Morgan fingerprint density at radius 2 is 2.10 bits per heavy atom. The molecular weight excluding hydrogens is 327 g/mol. The molecule has 2 aromatic rings. The van der Waals surface area contributed by atoms with Crippen molar-refractivity contribution in [1.82, 2.24) is 14.9 Å². The Labute approximate surface area is 125 Å². The number of benzene rings is 1. The predicted octanol–water partition coefficient (Wildman–Crippen LogP) is 1.31. The highest BCUT2D eigenvalue weighted by molar-refractivity contribution is 7.89. The molecule has 0 bridgehead atoms. The van der Waals surface area contributed by atoms with E-state index < -0.39 is 10.0 Å². The predicted molar refractivity (Wildman–Crippen MR) is 72.7 cm³/mol. The Morgan fingerprint density at radius 1 is 1.35 bits per heavy atom. The third kappa shape index (κ3) is 3.10. The van der Waals surface area contributed by atoms with E-state index in [4.69, 9.17) is 28.9 Å². The standard InChI is InChI=1S/C10H10Cl2N4O3S/c11-7-1-2-8(10(12)6(7)3-13)20(17,18)15-4-9-14-5-19-16-9/h1-2,5,15H,3-4,13H2. The van der Waals surface area contributed by atoms with Crippen molar-refractivity contribution in [1.29, 1.82) is 0 Å². The minimum absolute atomic E-state index is 0.000567. The number of nitrogens with one attached hydrogen (secondary N) is 1. The van der Waals surface area contributed by atoms with Gasteiger partial charge in [-0.2, -0.15) is 4.98 Å². The first kappa shape index (κ1) is 15.2. The van der Waals surface area contributed by atoms with Gasteiger partial charge in [0.1, 0.15) is 4.90 Å². The van der Waals surface area contributed by atoms with Crippen molar-refractivity contribution in [2.75, 3.05) is 0 Å². The summed E-state index contributed by atoms with van der Waals surface area (Å²) in [5.74, 6) is 0.206. The maximum atomic E-state index is 12.2. The second-order valence-electron chi connectivity index (χ2n) is 3.71. The van der Waals surface area contributed by atoms with Crippen LogP contribution in [0.2, 0.25) is 10.0 Å². The van der Waals surface area contributed by atoms with Gasteiger partial charge >= 0.3 is 0 Å². The Balaban J connectivity index is 2.30. The molecule has 0 radical (unpaired) electrons. The van der Waals surface area contributed by atoms with Gasteiger partial charge in [-0.25, -0.2) is 13.1 Å². The number of hydrogen-bond acceptors (Lipinski definition) is 6. The van der Waals surface area contributed by atoms with Gasteiger partial charge in [-0.15, -0.1) is 0 Å². The van der Waals surface area contributed by atoms with Crippen LogP contribution in [0.15, 0.2) is 27.9 Å². The highest BCUT2D eigenvalue weighted by Crippen LogP contribution is 2.30. The van der Waals surface area contributed by atoms with Crippen LogP contribution in [0.5, 0.6) is 0 Å². The number of aromatic nitrogens is 2. The molecule has 1 aromatic carbocycles. The monoisotopic (exact) mass is 336 g/mol. The van der Waals surface area contributed by atoms with E-state index in [0.29, 0.717) is 10.6 Å². The second-order valence-corrected chi connectivity index (χ2v) is 6.23. The summed E-state index contributed by atoms with van der Waals surface area (Å²) >= 11 is 11.9.